The van der Waals surface area contributed by atoms with E-state index in [0.717, 1.165) is 18.8 Å². The Labute approximate surface area is 118 Å². The average Bonchev–Trinajstić information content (AvgIpc) is 2.89. The number of rotatable bonds is 5. The maximum atomic E-state index is 12.1. The molecule has 1 saturated carbocycles. The summed E-state index contributed by atoms with van der Waals surface area (Å²) in [7, 11) is 0. The van der Waals surface area contributed by atoms with Gasteiger partial charge in [-0.05, 0) is 18.8 Å². The van der Waals surface area contributed by atoms with Crippen LogP contribution >= 0.6 is 11.8 Å². The van der Waals surface area contributed by atoms with E-state index >= 15 is 0 Å². The van der Waals surface area contributed by atoms with Crippen LogP contribution in [0, 0.1) is 5.92 Å². The van der Waals surface area contributed by atoms with Crippen molar-refractivity contribution in [1.82, 2.24) is 4.90 Å². The first-order chi connectivity index (χ1) is 9.18. The number of nitrogens with zero attached hydrogens (tertiary/aromatic N) is 1. The van der Waals surface area contributed by atoms with Gasteiger partial charge in [-0.3, -0.25) is 4.79 Å². The minimum atomic E-state index is -0.870. The normalized spacial score (nSPS) is 24.6. The smallest absolute Gasteiger partial charge is 0.327 e. The molecule has 1 amide bonds. The van der Waals surface area contributed by atoms with E-state index in [1.54, 1.807) is 0 Å². The highest BCUT2D eigenvalue weighted by Gasteiger charge is 2.34. The van der Waals surface area contributed by atoms with Crippen LogP contribution in [0.1, 0.15) is 51.4 Å². The number of thioether (sulfide) groups is 1. The molecular weight excluding hydrogens is 262 g/mol. The Hall–Kier alpha value is -0.710. The largest absolute Gasteiger partial charge is 0.480 e. The molecule has 0 radical (unpaired) electrons. The van der Waals surface area contributed by atoms with Gasteiger partial charge in [0, 0.05) is 12.2 Å². The van der Waals surface area contributed by atoms with E-state index in [-0.39, 0.29) is 5.91 Å². The summed E-state index contributed by atoms with van der Waals surface area (Å²) < 4.78 is 0. The predicted octanol–water partition coefficient (Wildman–Crippen LogP) is 2.72. The summed E-state index contributed by atoms with van der Waals surface area (Å²) in [6.07, 6.45) is 9.21. The fourth-order valence-corrected chi connectivity index (χ4v) is 4.23. The summed E-state index contributed by atoms with van der Waals surface area (Å²) in [5, 5.41) is 9.05. The number of amides is 1. The quantitative estimate of drug-likeness (QED) is 0.844. The lowest BCUT2D eigenvalue weighted by molar-refractivity contribution is -0.147. The van der Waals surface area contributed by atoms with Crippen LogP contribution in [0.4, 0.5) is 0 Å². The molecule has 108 valence electrons. The molecule has 2 aliphatic rings. The fraction of sp³-hybridized carbons (Fsp3) is 0.857. The van der Waals surface area contributed by atoms with Gasteiger partial charge < -0.3 is 10.0 Å². The zero-order chi connectivity index (χ0) is 13.7. The van der Waals surface area contributed by atoms with E-state index < -0.39 is 12.0 Å². The van der Waals surface area contributed by atoms with Crippen LogP contribution in [0.15, 0.2) is 0 Å². The second-order valence-corrected chi connectivity index (χ2v) is 6.61. The van der Waals surface area contributed by atoms with Crippen molar-refractivity contribution < 1.29 is 14.7 Å². The summed E-state index contributed by atoms with van der Waals surface area (Å²) in [5.74, 6) is 1.02. The maximum Gasteiger partial charge on any atom is 0.327 e. The van der Waals surface area contributed by atoms with E-state index in [9.17, 15) is 9.59 Å². The van der Waals surface area contributed by atoms with E-state index in [1.807, 2.05) is 0 Å². The van der Waals surface area contributed by atoms with E-state index in [0.29, 0.717) is 18.1 Å². The summed E-state index contributed by atoms with van der Waals surface area (Å²) in [5.41, 5.74) is 0. The van der Waals surface area contributed by atoms with Crippen LogP contribution in [0.2, 0.25) is 0 Å². The zero-order valence-electron chi connectivity index (χ0n) is 11.3. The molecular formula is C14H23NO3S. The Morgan fingerprint density at radius 3 is 2.63 bits per heavy atom. The first-order valence-corrected chi connectivity index (χ1v) is 8.44. The Bertz CT molecular complexity index is 329. The summed E-state index contributed by atoms with van der Waals surface area (Å²) in [4.78, 5) is 24.6. The first kappa shape index (κ1) is 14.7. The van der Waals surface area contributed by atoms with Crippen molar-refractivity contribution in [2.75, 3.05) is 11.6 Å². The molecule has 1 atom stereocenters. The molecule has 2 fully saturated rings. The van der Waals surface area contributed by atoms with Gasteiger partial charge in [-0.15, -0.1) is 11.8 Å². The molecule has 1 heterocycles. The molecule has 1 N–H and O–H groups in total. The second-order valence-electron chi connectivity index (χ2n) is 5.61. The van der Waals surface area contributed by atoms with Crippen molar-refractivity contribution in [3.05, 3.63) is 0 Å². The van der Waals surface area contributed by atoms with Gasteiger partial charge in [0.15, 0.2) is 0 Å². The molecule has 1 aliphatic heterocycles. The minimum Gasteiger partial charge on any atom is -0.480 e. The second kappa shape index (κ2) is 7.17. The monoisotopic (exact) mass is 285 g/mol. The van der Waals surface area contributed by atoms with Gasteiger partial charge in [0.2, 0.25) is 5.91 Å². The zero-order valence-corrected chi connectivity index (χ0v) is 12.2. The van der Waals surface area contributed by atoms with Crippen LogP contribution in [0.3, 0.4) is 0 Å². The number of aliphatic carboxylic acids is 1. The van der Waals surface area contributed by atoms with Crippen molar-refractivity contribution in [1.29, 1.82) is 0 Å². The molecule has 4 nitrogen and oxygen atoms in total. The van der Waals surface area contributed by atoms with Crippen molar-refractivity contribution >= 4 is 23.6 Å². The SMILES string of the molecule is O=C(O)C1CSCN1C(=O)CCCC1CCCCC1. The highest BCUT2D eigenvalue weighted by atomic mass is 32.2. The van der Waals surface area contributed by atoms with Crippen molar-refractivity contribution in [3.63, 3.8) is 0 Å². The Morgan fingerprint density at radius 1 is 1.21 bits per heavy atom. The van der Waals surface area contributed by atoms with Gasteiger partial charge >= 0.3 is 5.97 Å². The molecule has 0 aromatic rings. The molecule has 2 rings (SSSR count). The van der Waals surface area contributed by atoms with Gasteiger partial charge in [0.05, 0.1) is 5.88 Å². The third-order valence-corrected chi connectivity index (χ3v) is 5.23. The molecule has 1 saturated heterocycles. The van der Waals surface area contributed by atoms with Gasteiger partial charge in [0.1, 0.15) is 6.04 Å². The van der Waals surface area contributed by atoms with Crippen LogP contribution in [0.25, 0.3) is 0 Å². The Balaban J connectivity index is 1.70. The third kappa shape index (κ3) is 4.13. The first-order valence-electron chi connectivity index (χ1n) is 7.28. The van der Waals surface area contributed by atoms with Gasteiger partial charge in [-0.25, -0.2) is 4.79 Å². The lowest BCUT2D eigenvalue weighted by Crippen LogP contribution is -2.41. The molecule has 0 aromatic carbocycles. The summed E-state index contributed by atoms with van der Waals surface area (Å²) in [6, 6.07) is -0.604. The molecule has 0 aromatic heterocycles. The highest BCUT2D eigenvalue weighted by molar-refractivity contribution is 7.99. The van der Waals surface area contributed by atoms with Gasteiger partial charge in [-0.2, -0.15) is 0 Å². The topological polar surface area (TPSA) is 57.6 Å². The standard InChI is InChI=1S/C14H23NO3S/c16-13(15-10-19-9-12(15)14(17)18)8-4-7-11-5-2-1-3-6-11/h11-12H,1-10H2,(H,17,18). The molecule has 5 heteroatoms. The lowest BCUT2D eigenvalue weighted by atomic mass is 9.86. The molecule has 0 spiro atoms. The number of carboxylic acid groups (broad SMARTS) is 1. The predicted molar refractivity (Wildman–Crippen MR) is 76.0 cm³/mol. The maximum absolute atomic E-state index is 12.1. The Morgan fingerprint density at radius 2 is 1.95 bits per heavy atom. The highest BCUT2D eigenvalue weighted by Crippen LogP contribution is 2.28. The number of hydrogen-bond donors (Lipinski definition) is 1. The van der Waals surface area contributed by atoms with Crippen molar-refractivity contribution in [3.8, 4) is 0 Å². The van der Waals surface area contributed by atoms with Crippen LogP contribution < -0.4 is 0 Å². The molecule has 19 heavy (non-hydrogen) atoms. The van der Waals surface area contributed by atoms with E-state index in [1.165, 1.54) is 48.8 Å². The van der Waals surface area contributed by atoms with Crippen LogP contribution in [-0.4, -0.2) is 39.6 Å². The lowest BCUT2D eigenvalue weighted by Gasteiger charge is -2.23. The fourth-order valence-electron chi connectivity index (χ4n) is 3.05. The van der Waals surface area contributed by atoms with Crippen molar-refractivity contribution in [2.45, 2.75) is 57.4 Å². The van der Waals surface area contributed by atoms with Crippen molar-refractivity contribution in [2.24, 2.45) is 5.92 Å². The minimum absolute atomic E-state index is 0.0215. The third-order valence-electron chi connectivity index (χ3n) is 4.22. The summed E-state index contributed by atoms with van der Waals surface area (Å²) >= 11 is 1.53. The van der Waals surface area contributed by atoms with Gasteiger partial charge in [-0.1, -0.05) is 32.1 Å². The number of carbonyl (C=O) groups excluding carboxylic acids is 1. The number of carbonyl (C=O) groups is 2. The number of hydrogen-bond acceptors (Lipinski definition) is 3. The van der Waals surface area contributed by atoms with E-state index in [2.05, 4.69) is 0 Å². The van der Waals surface area contributed by atoms with Gasteiger partial charge in [0.25, 0.3) is 0 Å². The average molecular weight is 285 g/mol. The molecule has 0 bridgehead atoms. The van der Waals surface area contributed by atoms with E-state index in [4.69, 9.17) is 5.11 Å². The Kier molecular flexibility index (Phi) is 5.55. The van der Waals surface area contributed by atoms with Crippen LogP contribution in [-0.2, 0) is 9.59 Å². The molecule has 1 aliphatic carbocycles. The molecule has 1 unspecified atom stereocenters. The summed E-state index contributed by atoms with van der Waals surface area (Å²) in [6.45, 7) is 0. The number of carboxylic acids is 1. The van der Waals surface area contributed by atoms with Crippen LogP contribution in [0.5, 0.6) is 0 Å².